The van der Waals surface area contributed by atoms with Gasteiger partial charge >= 0.3 is 0 Å². The van der Waals surface area contributed by atoms with Crippen LogP contribution in [-0.4, -0.2) is 29.2 Å². The van der Waals surface area contributed by atoms with Crippen LogP contribution >= 0.6 is 35.6 Å². The second-order valence-electron chi connectivity index (χ2n) is 4.70. The largest absolute Gasteiger partial charge is 0.357 e. The van der Waals surface area contributed by atoms with Crippen LogP contribution in [0.5, 0.6) is 0 Å². The number of halogens is 2. The number of guanidine groups is 1. The third-order valence-corrected chi connectivity index (χ3v) is 3.28. The number of rotatable bonds is 6. The molecule has 0 radical (unpaired) electrons. The fraction of sp³-hybridized carbons (Fsp3) is 0.400. The van der Waals surface area contributed by atoms with Gasteiger partial charge in [0.15, 0.2) is 11.8 Å². The van der Waals surface area contributed by atoms with Gasteiger partial charge in [0, 0.05) is 24.5 Å². The van der Waals surface area contributed by atoms with Gasteiger partial charge in [0.05, 0.1) is 6.54 Å². The summed E-state index contributed by atoms with van der Waals surface area (Å²) in [6.07, 6.45) is 0.650. The number of aliphatic imine (C=N–C) groups is 1. The number of benzene rings is 1. The molecule has 1 aromatic heterocycles. The number of aryl methyl sites for hydroxylation is 1. The zero-order valence-electron chi connectivity index (χ0n) is 13.2. The van der Waals surface area contributed by atoms with Crippen molar-refractivity contribution < 1.29 is 4.52 Å². The number of nitrogens with one attached hydrogen (secondary N) is 2. The average molecular weight is 450 g/mol. The van der Waals surface area contributed by atoms with Crippen LogP contribution in [0.4, 0.5) is 0 Å². The fourth-order valence-electron chi connectivity index (χ4n) is 1.86. The van der Waals surface area contributed by atoms with Crippen LogP contribution < -0.4 is 10.6 Å². The zero-order chi connectivity index (χ0) is 15.8. The fourth-order valence-corrected chi connectivity index (χ4v) is 2.06. The molecule has 0 aliphatic heterocycles. The minimum absolute atomic E-state index is 0. The van der Waals surface area contributed by atoms with Gasteiger partial charge in [0.2, 0.25) is 5.89 Å². The quantitative estimate of drug-likeness (QED) is 0.403. The molecule has 0 fully saturated rings. The van der Waals surface area contributed by atoms with Crippen LogP contribution in [0.2, 0.25) is 5.02 Å². The SMILES string of the molecule is CCNC(=NCc1ccccc1Cl)NCCc1nc(C)no1.I. The maximum Gasteiger partial charge on any atom is 0.228 e. The molecule has 0 amide bonds. The molecule has 0 bridgehead atoms. The highest BCUT2D eigenvalue weighted by atomic mass is 127. The van der Waals surface area contributed by atoms with Gasteiger partial charge in [-0.3, -0.25) is 0 Å². The summed E-state index contributed by atoms with van der Waals surface area (Å²) in [5, 5.41) is 10.9. The van der Waals surface area contributed by atoms with E-state index in [4.69, 9.17) is 16.1 Å². The lowest BCUT2D eigenvalue weighted by molar-refractivity contribution is 0.374. The maximum absolute atomic E-state index is 6.13. The molecule has 0 atom stereocenters. The van der Waals surface area contributed by atoms with Gasteiger partial charge in [0.1, 0.15) is 0 Å². The van der Waals surface area contributed by atoms with Gasteiger partial charge in [-0.25, -0.2) is 4.99 Å². The molecule has 0 aliphatic carbocycles. The van der Waals surface area contributed by atoms with Gasteiger partial charge in [-0.05, 0) is 25.5 Å². The average Bonchev–Trinajstić information content (AvgIpc) is 2.92. The first-order valence-electron chi connectivity index (χ1n) is 7.24. The van der Waals surface area contributed by atoms with Crippen LogP contribution in [0, 0.1) is 6.92 Å². The molecule has 2 rings (SSSR count). The van der Waals surface area contributed by atoms with E-state index in [1.54, 1.807) is 6.92 Å². The summed E-state index contributed by atoms with van der Waals surface area (Å²) in [5.41, 5.74) is 0.994. The van der Waals surface area contributed by atoms with Crippen LogP contribution in [0.1, 0.15) is 24.2 Å². The van der Waals surface area contributed by atoms with Crippen molar-refractivity contribution in [3.05, 3.63) is 46.6 Å². The zero-order valence-corrected chi connectivity index (χ0v) is 16.3. The van der Waals surface area contributed by atoms with Crippen molar-refractivity contribution in [3.63, 3.8) is 0 Å². The van der Waals surface area contributed by atoms with Crippen molar-refractivity contribution >= 4 is 41.5 Å². The van der Waals surface area contributed by atoms with Gasteiger partial charge in [-0.2, -0.15) is 4.98 Å². The lowest BCUT2D eigenvalue weighted by Gasteiger charge is -2.10. The first kappa shape index (κ1) is 19.7. The summed E-state index contributed by atoms with van der Waals surface area (Å²) in [6.45, 7) is 5.79. The Morgan fingerprint density at radius 3 is 2.74 bits per heavy atom. The molecule has 2 N–H and O–H groups in total. The van der Waals surface area contributed by atoms with Crippen LogP contribution in [0.3, 0.4) is 0 Å². The summed E-state index contributed by atoms with van der Waals surface area (Å²) in [6, 6.07) is 7.70. The molecule has 0 saturated carbocycles. The summed E-state index contributed by atoms with van der Waals surface area (Å²) >= 11 is 6.13. The van der Waals surface area contributed by atoms with Gasteiger partial charge in [0.25, 0.3) is 0 Å². The Hall–Kier alpha value is -1.35. The van der Waals surface area contributed by atoms with Gasteiger partial charge < -0.3 is 15.2 Å². The molecule has 6 nitrogen and oxygen atoms in total. The number of hydrogen-bond acceptors (Lipinski definition) is 4. The standard InChI is InChI=1S/C15H20ClN5O.HI/c1-3-17-15(18-9-8-14-20-11(2)21-22-14)19-10-12-6-4-5-7-13(12)16;/h4-7H,3,8-10H2,1-2H3,(H2,17,18,19);1H. The molecule has 1 heterocycles. The van der Waals surface area contributed by atoms with E-state index in [1.165, 1.54) is 0 Å². The monoisotopic (exact) mass is 449 g/mol. The Bertz CT molecular complexity index is 632. The van der Waals surface area contributed by atoms with Crippen LogP contribution in [0.25, 0.3) is 0 Å². The minimum Gasteiger partial charge on any atom is -0.357 e. The summed E-state index contributed by atoms with van der Waals surface area (Å²) in [4.78, 5) is 8.69. The second-order valence-corrected chi connectivity index (χ2v) is 5.11. The lowest BCUT2D eigenvalue weighted by atomic mass is 10.2. The van der Waals surface area contributed by atoms with Crippen molar-refractivity contribution in [1.82, 2.24) is 20.8 Å². The molecule has 2 aromatic rings. The second kappa shape index (κ2) is 10.4. The van der Waals surface area contributed by atoms with Crippen molar-refractivity contribution in [2.75, 3.05) is 13.1 Å². The normalized spacial score (nSPS) is 11.0. The van der Waals surface area contributed by atoms with Crippen molar-refractivity contribution in [2.45, 2.75) is 26.8 Å². The number of nitrogens with zero attached hydrogens (tertiary/aromatic N) is 3. The van der Waals surface area contributed by atoms with Crippen molar-refractivity contribution in [1.29, 1.82) is 0 Å². The van der Waals surface area contributed by atoms with E-state index in [9.17, 15) is 0 Å². The first-order chi connectivity index (χ1) is 10.7. The van der Waals surface area contributed by atoms with Crippen molar-refractivity contribution in [2.24, 2.45) is 4.99 Å². The van der Waals surface area contributed by atoms with Gasteiger partial charge in [-0.1, -0.05) is 35.0 Å². The molecule has 0 unspecified atom stereocenters. The molecule has 23 heavy (non-hydrogen) atoms. The van der Waals surface area contributed by atoms with E-state index in [2.05, 4.69) is 25.8 Å². The Morgan fingerprint density at radius 2 is 2.09 bits per heavy atom. The summed E-state index contributed by atoms with van der Waals surface area (Å²) < 4.78 is 5.07. The van der Waals surface area contributed by atoms with E-state index >= 15 is 0 Å². The van der Waals surface area contributed by atoms with Gasteiger partial charge in [-0.15, -0.1) is 24.0 Å². The van der Waals surface area contributed by atoms with Crippen molar-refractivity contribution in [3.8, 4) is 0 Å². The van der Waals surface area contributed by atoms with E-state index in [0.717, 1.165) is 23.1 Å². The first-order valence-corrected chi connectivity index (χ1v) is 7.61. The molecule has 0 saturated heterocycles. The minimum atomic E-state index is 0. The topological polar surface area (TPSA) is 75.3 Å². The molecule has 126 valence electrons. The Kier molecular flexibility index (Phi) is 8.93. The third kappa shape index (κ3) is 6.74. The molecular weight excluding hydrogens is 429 g/mol. The predicted octanol–water partition coefficient (Wildman–Crippen LogP) is 2.95. The molecule has 8 heteroatoms. The molecule has 1 aromatic carbocycles. The van der Waals surface area contributed by atoms with E-state index in [0.29, 0.717) is 31.2 Å². The predicted molar refractivity (Wildman–Crippen MR) is 102 cm³/mol. The Balaban J connectivity index is 0.00000264. The summed E-state index contributed by atoms with van der Waals surface area (Å²) in [5.74, 6) is 2.00. The van der Waals surface area contributed by atoms with E-state index in [-0.39, 0.29) is 24.0 Å². The third-order valence-electron chi connectivity index (χ3n) is 2.91. The van der Waals surface area contributed by atoms with Crippen LogP contribution in [0.15, 0.2) is 33.8 Å². The lowest BCUT2D eigenvalue weighted by Crippen LogP contribution is -2.38. The van der Waals surface area contributed by atoms with E-state index in [1.807, 2.05) is 31.2 Å². The number of aromatic nitrogens is 2. The molecule has 0 aliphatic rings. The van der Waals surface area contributed by atoms with E-state index < -0.39 is 0 Å². The Morgan fingerprint density at radius 1 is 1.30 bits per heavy atom. The highest BCUT2D eigenvalue weighted by Gasteiger charge is 2.04. The molecular formula is C15H21ClIN5O. The smallest absolute Gasteiger partial charge is 0.228 e. The Labute approximate surface area is 158 Å². The maximum atomic E-state index is 6.13. The highest BCUT2D eigenvalue weighted by molar-refractivity contribution is 14.0. The van der Waals surface area contributed by atoms with Crippen LogP contribution in [-0.2, 0) is 13.0 Å². The highest BCUT2D eigenvalue weighted by Crippen LogP contribution is 2.15. The number of hydrogen-bond donors (Lipinski definition) is 2. The summed E-state index contributed by atoms with van der Waals surface area (Å²) in [7, 11) is 0. The molecule has 0 spiro atoms.